The van der Waals surface area contributed by atoms with Crippen molar-refractivity contribution in [2.75, 3.05) is 4.72 Å². The molecule has 1 aliphatic rings. The van der Waals surface area contributed by atoms with Crippen LogP contribution in [0.15, 0.2) is 63.2 Å². The number of allylic oxidation sites excluding steroid dienone is 2. The number of nitrogens with zero attached hydrogens (tertiary/aromatic N) is 1. The van der Waals surface area contributed by atoms with Crippen molar-refractivity contribution >= 4 is 39.2 Å². The van der Waals surface area contributed by atoms with Crippen molar-refractivity contribution in [3.05, 3.63) is 59.5 Å². The first-order valence-corrected chi connectivity index (χ1v) is 10.6. The van der Waals surface area contributed by atoms with E-state index in [1.165, 1.54) is 6.07 Å². The Hall–Kier alpha value is -2.45. The van der Waals surface area contributed by atoms with Gasteiger partial charge >= 0.3 is 0 Å². The number of benzene rings is 1. The van der Waals surface area contributed by atoms with Crippen LogP contribution in [0.5, 0.6) is 0 Å². The van der Waals surface area contributed by atoms with E-state index in [1.54, 1.807) is 41.9 Å². The van der Waals surface area contributed by atoms with Gasteiger partial charge in [-0.3, -0.25) is 9.52 Å². The van der Waals surface area contributed by atoms with E-state index < -0.39 is 10.0 Å². The minimum atomic E-state index is -3.59. The van der Waals surface area contributed by atoms with E-state index in [4.69, 9.17) is 0 Å². The molecule has 6 nitrogen and oxygen atoms in total. The fourth-order valence-electron chi connectivity index (χ4n) is 2.53. The number of nitrogens with one attached hydrogen (secondary N) is 2. The number of sulfonamides is 1. The van der Waals surface area contributed by atoms with Crippen molar-refractivity contribution in [1.82, 2.24) is 5.43 Å². The lowest BCUT2D eigenvalue weighted by Crippen LogP contribution is -2.19. The van der Waals surface area contributed by atoms with Crippen molar-refractivity contribution < 1.29 is 13.2 Å². The molecule has 1 aromatic carbocycles. The average Bonchev–Trinajstić information content (AvgIpc) is 3.19. The highest BCUT2D eigenvalue weighted by molar-refractivity contribution is 7.94. The first-order valence-electron chi connectivity index (χ1n) is 8.19. The lowest BCUT2D eigenvalue weighted by Gasteiger charge is -2.11. The number of carbonyl (C=O) groups excluding carboxylic acids is 1. The highest BCUT2D eigenvalue weighted by Gasteiger charge is 2.15. The quantitative estimate of drug-likeness (QED) is 0.449. The van der Waals surface area contributed by atoms with Gasteiger partial charge in [-0.05, 0) is 60.9 Å². The van der Waals surface area contributed by atoms with Crippen molar-refractivity contribution in [2.45, 2.75) is 23.5 Å². The summed E-state index contributed by atoms with van der Waals surface area (Å²) in [5.74, 6) is 0.0228. The molecule has 0 aliphatic heterocycles. The van der Waals surface area contributed by atoms with E-state index in [9.17, 15) is 13.2 Å². The molecule has 136 valence electrons. The van der Waals surface area contributed by atoms with Crippen LogP contribution in [0.3, 0.4) is 0 Å². The molecule has 0 saturated heterocycles. The number of hydrogen-bond donors (Lipinski definition) is 2. The molecule has 2 aromatic rings. The van der Waals surface area contributed by atoms with Crippen LogP contribution < -0.4 is 10.1 Å². The van der Waals surface area contributed by atoms with Gasteiger partial charge in [0.25, 0.3) is 15.9 Å². The summed E-state index contributed by atoms with van der Waals surface area (Å²) in [4.78, 5) is 12.1. The summed E-state index contributed by atoms with van der Waals surface area (Å²) in [5.41, 5.74) is 3.31. The zero-order chi connectivity index (χ0) is 18.4. The van der Waals surface area contributed by atoms with Crippen LogP contribution in [0.1, 0.15) is 29.6 Å². The van der Waals surface area contributed by atoms with Gasteiger partial charge in [-0.15, -0.1) is 11.3 Å². The number of hydrazone groups is 1. The van der Waals surface area contributed by atoms with E-state index in [1.807, 2.05) is 0 Å². The molecule has 8 heteroatoms. The van der Waals surface area contributed by atoms with Crippen LogP contribution in [-0.2, 0) is 10.0 Å². The van der Waals surface area contributed by atoms with Gasteiger partial charge in [-0.2, -0.15) is 5.10 Å². The SMILES string of the molecule is O=C(NN=CC1CC=CCC1)c1ccc(NS(=O)(=O)c2cccs2)cc1. The zero-order valence-corrected chi connectivity index (χ0v) is 15.6. The smallest absolute Gasteiger partial charge is 0.271 e. The molecule has 3 rings (SSSR count). The molecule has 26 heavy (non-hydrogen) atoms. The van der Waals surface area contributed by atoms with Gasteiger partial charge in [0.15, 0.2) is 0 Å². The van der Waals surface area contributed by atoms with Crippen LogP contribution in [0, 0.1) is 5.92 Å². The third-order valence-corrected chi connectivity index (χ3v) is 6.70. The predicted octanol–water partition coefficient (Wildman–Crippen LogP) is 3.62. The third-order valence-electron chi connectivity index (χ3n) is 3.92. The Morgan fingerprint density at radius 1 is 1.19 bits per heavy atom. The second kappa shape index (κ2) is 8.29. The van der Waals surface area contributed by atoms with Gasteiger partial charge in [0, 0.05) is 17.5 Å². The normalized spacial score (nSPS) is 17.3. The molecular weight excluding hydrogens is 370 g/mol. The molecule has 1 aromatic heterocycles. The highest BCUT2D eigenvalue weighted by atomic mass is 32.2. The van der Waals surface area contributed by atoms with Crippen LogP contribution >= 0.6 is 11.3 Å². The molecular formula is C18H19N3O3S2. The van der Waals surface area contributed by atoms with E-state index in [2.05, 4.69) is 27.4 Å². The molecule has 1 heterocycles. The average molecular weight is 390 g/mol. The molecule has 1 aliphatic carbocycles. The summed E-state index contributed by atoms with van der Waals surface area (Å²) in [6.45, 7) is 0. The Labute approximate surface area is 156 Å². The number of thiophene rings is 1. The van der Waals surface area contributed by atoms with Gasteiger partial charge in [0.05, 0.1) is 0 Å². The minimum absolute atomic E-state index is 0.242. The fraction of sp³-hybridized carbons (Fsp3) is 0.222. The molecule has 0 saturated carbocycles. The Kier molecular flexibility index (Phi) is 5.85. The monoisotopic (exact) mass is 389 g/mol. The number of amides is 1. The summed E-state index contributed by atoms with van der Waals surface area (Å²) in [6.07, 6.45) is 9.06. The fourth-order valence-corrected chi connectivity index (χ4v) is 4.58. The second-order valence-electron chi connectivity index (χ2n) is 5.88. The van der Waals surface area contributed by atoms with Crippen LogP contribution in [0.2, 0.25) is 0 Å². The maximum absolute atomic E-state index is 12.2. The molecule has 0 fully saturated rings. The molecule has 1 unspecified atom stereocenters. The van der Waals surface area contributed by atoms with Crippen molar-refractivity contribution in [3.8, 4) is 0 Å². The standard InChI is InChI=1S/C18H19N3O3S2/c22-18(20-19-13-14-5-2-1-3-6-14)15-8-10-16(11-9-15)21-26(23,24)17-7-4-12-25-17/h1-2,4,7-14,21H,3,5-6H2,(H,20,22). The van der Waals surface area contributed by atoms with Gasteiger partial charge in [0.1, 0.15) is 4.21 Å². The van der Waals surface area contributed by atoms with Crippen LogP contribution in [0.25, 0.3) is 0 Å². The summed E-state index contributed by atoms with van der Waals surface area (Å²) in [7, 11) is -3.59. The molecule has 0 radical (unpaired) electrons. The Morgan fingerprint density at radius 3 is 2.65 bits per heavy atom. The van der Waals surface area contributed by atoms with E-state index >= 15 is 0 Å². The molecule has 1 amide bonds. The molecule has 2 N–H and O–H groups in total. The Morgan fingerprint density at radius 2 is 2.00 bits per heavy atom. The summed E-state index contributed by atoms with van der Waals surface area (Å²) in [6, 6.07) is 9.43. The summed E-state index contributed by atoms with van der Waals surface area (Å²) in [5, 5.41) is 5.72. The number of rotatable bonds is 6. The van der Waals surface area contributed by atoms with Crippen molar-refractivity contribution in [1.29, 1.82) is 0 Å². The molecule has 0 spiro atoms. The first-order chi connectivity index (χ1) is 12.5. The maximum Gasteiger partial charge on any atom is 0.271 e. The minimum Gasteiger partial charge on any atom is -0.279 e. The topological polar surface area (TPSA) is 87.6 Å². The Balaban J connectivity index is 1.57. The van der Waals surface area contributed by atoms with E-state index in [0.717, 1.165) is 30.6 Å². The molecule has 1 atom stereocenters. The van der Waals surface area contributed by atoms with Gasteiger partial charge in [-0.1, -0.05) is 18.2 Å². The van der Waals surface area contributed by atoms with Crippen molar-refractivity contribution in [2.24, 2.45) is 11.0 Å². The van der Waals surface area contributed by atoms with Crippen LogP contribution in [-0.4, -0.2) is 20.5 Å². The van der Waals surface area contributed by atoms with E-state index in [-0.39, 0.29) is 10.1 Å². The maximum atomic E-state index is 12.2. The second-order valence-corrected chi connectivity index (χ2v) is 8.74. The zero-order valence-electron chi connectivity index (χ0n) is 14.0. The first kappa shape index (κ1) is 18.3. The summed E-state index contributed by atoms with van der Waals surface area (Å²) >= 11 is 1.14. The lowest BCUT2D eigenvalue weighted by molar-refractivity contribution is 0.0955. The Bertz CT molecular complexity index is 902. The highest BCUT2D eigenvalue weighted by Crippen LogP contribution is 2.20. The number of hydrogen-bond acceptors (Lipinski definition) is 5. The summed E-state index contributed by atoms with van der Waals surface area (Å²) < 4.78 is 27.1. The third kappa shape index (κ3) is 4.80. The van der Waals surface area contributed by atoms with Gasteiger partial charge in [0.2, 0.25) is 0 Å². The largest absolute Gasteiger partial charge is 0.279 e. The number of anilines is 1. The lowest BCUT2D eigenvalue weighted by atomic mass is 9.96. The van der Waals surface area contributed by atoms with Gasteiger partial charge in [-0.25, -0.2) is 13.8 Å². The van der Waals surface area contributed by atoms with Gasteiger partial charge < -0.3 is 0 Å². The predicted molar refractivity (Wildman–Crippen MR) is 104 cm³/mol. The number of carbonyl (C=O) groups is 1. The van der Waals surface area contributed by atoms with E-state index in [0.29, 0.717) is 17.2 Å². The van der Waals surface area contributed by atoms with Crippen molar-refractivity contribution in [3.63, 3.8) is 0 Å². The molecule has 0 bridgehead atoms. The van der Waals surface area contributed by atoms with Crippen LogP contribution in [0.4, 0.5) is 5.69 Å².